The summed E-state index contributed by atoms with van der Waals surface area (Å²) in [5.74, 6) is -0.190. The highest BCUT2D eigenvalue weighted by atomic mass is 16.5. The van der Waals surface area contributed by atoms with Crippen LogP contribution in [0.5, 0.6) is 0 Å². The Labute approximate surface area is 174 Å². The lowest BCUT2D eigenvalue weighted by Crippen LogP contribution is -2.06. The minimum Gasteiger partial charge on any atom is -0.462 e. The summed E-state index contributed by atoms with van der Waals surface area (Å²) < 4.78 is 5.36. The van der Waals surface area contributed by atoms with E-state index in [0.717, 1.165) is 12.0 Å². The monoisotopic (exact) mass is 388 g/mol. The second kappa shape index (κ2) is 17.8. The average molecular weight is 389 g/mol. The number of carbonyl (C=O) groups excluding carboxylic acids is 1. The molecule has 1 aromatic carbocycles. The van der Waals surface area contributed by atoms with E-state index in [1.807, 2.05) is 31.2 Å². The van der Waals surface area contributed by atoms with E-state index in [4.69, 9.17) is 4.74 Å². The summed E-state index contributed by atoms with van der Waals surface area (Å²) in [6.45, 7) is 4.82. The molecule has 0 aromatic heterocycles. The quantitative estimate of drug-likeness (QED) is 0.186. The molecule has 0 aliphatic rings. The van der Waals surface area contributed by atoms with Gasteiger partial charge in [-0.1, -0.05) is 121 Å². The van der Waals surface area contributed by atoms with E-state index in [9.17, 15) is 4.79 Å². The Morgan fingerprint density at radius 3 is 1.64 bits per heavy atom. The predicted molar refractivity (Wildman–Crippen MR) is 121 cm³/mol. The molecule has 1 aromatic rings. The zero-order chi connectivity index (χ0) is 20.3. The third-order valence-electron chi connectivity index (χ3n) is 5.48. The summed E-state index contributed by atoms with van der Waals surface area (Å²) in [6.07, 6.45) is 21.7. The molecule has 0 fully saturated rings. The van der Waals surface area contributed by atoms with Gasteiger partial charge in [-0.2, -0.15) is 0 Å². The van der Waals surface area contributed by atoms with Crippen LogP contribution in [0.2, 0.25) is 0 Å². The van der Waals surface area contributed by atoms with Crippen LogP contribution in [0.25, 0.3) is 0 Å². The topological polar surface area (TPSA) is 26.3 Å². The summed E-state index contributed by atoms with van der Waals surface area (Å²) in [5.41, 5.74) is 1.76. The smallest absolute Gasteiger partial charge is 0.338 e. The Bertz CT molecular complexity index is 495. The third-order valence-corrected chi connectivity index (χ3v) is 5.48. The van der Waals surface area contributed by atoms with Gasteiger partial charge in [0.25, 0.3) is 0 Å². The van der Waals surface area contributed by atoms with Crippen LogP contribution in [0.1, 0.15) is 126 Å². The first-order chi connectivity index (χ1) is 13.7. The Balaban J connectivity index is 1.79. The lowest BCUT2D eigenvalue weighted by Gasteiger charge is -2.06. The summed E-state index contributed by atoms with van der Waals surface area (Å²) >= 11 is 0. The molecule has 0 aliphatic carbocycles. The Hall–Kier alpha value is -1.31. The largest absolute Gasteiger partial charge is 0.462 e. The third kappa shape index (κ3) is 13.8. The average Bonchev–Trinajstić information content (AvgIpc) is 2.70. The highest BCUT2D eigenvalue weighted by Crippen LogP contribution is 2.14. The number of unbranched alkanes of at least 4 members (excludes halogenated alkanes) is 15. The summed E-state index contributed by atoms with van der Waals surface area (Å²) in [7, 11) is 0. The molecule has 160 valence electrons. The van der Waals surface area contributed by atoms with E-state index < -0.39 is 0 Å². The molecule has 0 saturated heterocycles. The second-order valence-electron chi connectivity index (χ2n) is 8.31. The number of carbonyl (C=O) groups is 1. The molecule has 0 N–H and O–H groups in total. The molecule has 0 aliphatic heterocycles. The molecule has 2 nitrogen and oxygen atoms in total. The van der Waals surface area contributed by atoms with E-state index in [1.54, 1.807) is 0 Å². The SMILES string of the molecule is CCCCCCCCCCCCCCCCCCOC(=O)c1cccc(C)c1. The molecule has 0 saturated carbocycles. The summed E-state index contributed by atoms with van der Waals surface area (Å²) in [4.78, 5) is 11.9. The van der Waals surface area contributed by atoms with Crippen molar-refractivity contribution in [2.24, 2.45) is 0 Å². The van der Waals surface area contributed by atoms with Gasteiger partial charge in [-0.05, 0) is 25.5 Å². The predicted octanol–water partition coefficient (Wildman–Crippen LogP) is 8.41. The fourth-order valence-electron chi connectivity index (χ4n) is 3.67. The Kier molecular flexibility index (Phi) is 15.7. The Morgan fingerprint density at radius 1 is 0.714 bits per heavy atom. The second-order valence-corrected chi connectivity index (χ2v) is 8.31. The van der Waals surface area contributed by atoms with Crippen LogP contribution in [-0.2, 0) is 4.74 Å². The van der Waals surface area contributed by atoms with E-state index in [0.29, 0.717) is 12.2 Å². The molecule has 2 heteroatoms. The maximum atomic E-state index is 11.9. The van der Waals surface area contributed by atoms with Gasteiger partial charge in [0.05, 0.1) is 12.2 Å². The van der Waals surface area contributed by atoms with Crippen molar-refractivity contribution in [2.45, 2.75) is 117 Å². The highest BCUT2D eigenvalue weighted by Gasteiger charge is 2.06. The van der Waals surface area contributed by atoms with Gasteiger partial charge in [0.2, 0.25) is 0 Å². The maximum Gasteiger partial charge on any atom is 0.338 e. The van der Waals surface area contributed by atoms with Crippen LogP contribution in [0.15, 0.2) is 24.3 Å². The van der Waals surface area contributed by atoms with E-state index in [-0.39, 0.29) is 5.97 Å². The first-order valence-corrected chi connectivity index (χ1v) is 12.0. The van der Waals surface area contributed by atoms with E-state index in [2.05, 4.69) is 6.92 Å². The van der Waals surface area contributed by atoms with Crippen LogP contribution in [0, 0.1) is 6.92 Å². The molecule has 0 amide bonds. The van der Waals surface area contributed by atoms with Crippen molar-refractivity contribution < 1.29 is 9.53 Å². The van der Waals surface area contributed by atoms with Crippen molar-refractivity contribution in [3.63, 3.8) is 0 Å². The zero-order valence-electron chi connectivity index (χ0n) is 18.6. The Morgan fingerprint density at radius 2 is 1.18 bits per heavy atom. The molecular formula is C26H44O2. The minimum atomic E-state index is -0.190. The van der Waals surface area contributed by atoms with Gasteiger partial charge < -0.3 is 4.74 Å². The van der Waals surface area contributed by atoms with Crippen molar-refractivity contribution >= 4 is 5.97 Å². The first-order valence-electron chi connectivity index (χ1n) is 12.0. The zero-order valence-corrected chi connectivity index (χ0v) is 18.6. The number of esters is 1. The molecule has 0 spiro atoms. The molecule has 0 unspecified atom stereocenters. The van der Waals surface area contributed by atoms with Crippen molar-refractivity contribution in [2.75, 3.05) is 6.61 Å². The highest BCUT2D eigenvalue weighted by molar-refractivity contribution is 5.89. The number of hydrogen-bond acceptors (Lipinski definition) is 2. The van der Waals surface area contributed by atoms with Crippen molar-refractivity contribution in [3.8, 4) is 0 Å². The van der Waals surface area contributed by atoms with Gasteiger partial charge in [0.15, 0.2) is 0 Å². The molecule has 28 heavy (non-hydrogen) atoms. The van der Waals surface area contributed by atoms with Gasteiger partial charge in [-0.3, -0.25) is 0 Å². The number of benzene rings is 1. The van der Waals surface area contributed by atoms with E-state index in [1.165, 1.54) is 96.3 Å². The van der Waals surface area contributed by atoms with Gasteiger partial charge in [0, 0.05) is 0 Å². The molecule has 0 heterocycles. The lowest BCUT2D eigenvalue weighted by atomic mass is 10.0. The van der Waals surface area contributed by atoms with Gasteiger partial charge >= 0.3 is 5.97 Å². The van der Waals surface area contributed by atoms with Crippen molar-refractivity contribution in [3.05, 3.63) is 35.4 Å². The standard InChI is InChI=1S/C26H44O2/c1-3-4-5-6-7-8-9-10-11-12-13-14-15-16-17-18-22-28-26(27)25-21-19-20-24(2)23-25/h19-21,23H,3-18,22H2,1-2H3. The van der Waals surface area contributed by atoms with Gasteiger partial charge in [-0.25, -0.2) is 4.79 Å². The van der Waals surface area contributed by atoms with Gasteiger partial charge in [0.1, 0.15) is 0 Å². The normalized spacial score (nSPS) is 10.9. The van der Waals surface area contributed by atoms with Crippen LogP contribution in [0.3, 0.4) is 0 Å². The van der Waals surface area contributed by atoms with Crippen LogP contribution in [-0.4, -0.2) is 12.6 Å². The van der Waals surface area contributed by atoms with Gasteiger partial charge in [-0.15, -0.1) is 0 Å². The molecular weight excluding hydrogens is 344 g/mol. The van der Waals surface area contributed by atoms with Crippen LogP contribution < -0.4 is 0 Å². The number of hydrogen-bond donors (Lipinski definition) is 0. The van der Waals surface area contributed by atoms with Crippen LogP contribution in [0.4, 0.5) is 0 Å². The fraction of sp³-hybridized carbons (Fsp3) is 0.731. The van der Waals surface area contributed by atoms with Crippen molar-refractivity contribution in [1.29, 1.82) is 0 Å². The number of rotatable bonds is 18. The summed E-state index contributed by atoms with van der Waals surface area (Å²) in [5, 5.41) is 0. The molecule has 0 radical (unpaired) electrons. The molecule has 1 rings (SSSR count). The molecule has 0 atom stereocenters. The first kappa shape index (κ1) is 24.7. The number of aryl methyl sites for hydroxylation is 1. The number of ether oxygens (including phenoxy) is 1. The fourth-order valence-corrected chi connectivity index (χ4v) is 3.67. The lowest BCUT2D eigenvalue weighted by molar-refractivity contribution is 0.0497. The summed E-state index contributed by atoms with van der Waals surface area (Å²) in [6, 6.07) is 7.60. The van der Waals surface area contributed by atoms with E-state index >= 15 is 0 Å². The minimum absolute atomic E-state index is 0.190. The maximum absolute atomic E-state index is 11.9. The molecule has 0 bridgehead atoms. The van der Waals surface area contributed by atoms with Crippen molar-refractivity contribution in [1.82, 2.24) is 0 Å². The van der Waals surface area contributed by atoms with Crippen LogP contribution >= 0.6 is 0 Å².